The Bertz CT molecular complexity index is 2350. The van der Waals surface area contributed by atoms with Crippen molar-refractivity contribution in [1.82, 2.24) is 0 Å². The first-order valence-corrected chi connectivity index (χ1v) is 16.4. The minimum absolute atomic E-state index is 0.408. The van der Waals surface area contributed by atoms with Gasteiger partial charge in [-0.25, -0.2) is 0 Å². The van der Waals surface area contributed by atoms with Crippen molar-refractivity contribution < 1.29 is 0 Å². The molecule has 1 aliphatic carbocycles. The fourth-order valence-corrected chi connectivity index (χ4v) is 7.85. The van der Waals surface area contributed by atoms with Crippen LogP contribution in [0, 0.1) is 0 Å². The van der Waals surface area contributed by atoms with Gasteiger partial charge < -0.3 is 0 Å². The normalized spacial score (nSPS) is 12.9. The Morgan fingerprint density at radius 3 is 1.49 bits per heavy atom. The van der Waals surface area contributed by atoms with Gasteiger partial charge in [-0.05, 0) is 95.7 Å². The van der Waals surface area contributed by atoms with Crippen LogP contribution in [0.2, 0.25) is 0 Å². The maximum absolute atomic E-state index is 2.45. The number of rotatable bonds is 5. The summed E-state index contributed by atoms with van der Waals surface area (Å²) in [6.45, 7) is 0. The highest BCUT2D eigenvalue weighted by molar-refractivity contribution is 5.97. The highest BCUT2D eigenvalue weighted by Gasteiger charge is 2.46. The van der Waals surface area contributed by atoms with Gasteiger partial charge in [0.05, 0.1) is 5.41 Å². The lowest BCUT2D eigenvalue weighted by Gasteiger charge is -2.34. The van der Waals surface area contributed by atoms with Crippen molar-refractivity contribution in [2.24, 2.45) is 0 Å². The minimum Gasteiger partial charge on any atom is -0.0622 e. The molecule has 8 aromatic rings. The molecule has 0 aliphatic heterocycles. The van der Waals surface area contributed by atoms with Gasteiger partial charge in [0.15, 0.2) is 0 Å². The Morgan fingerprint density at radius 2 is 0.766 bits per heavy atom. The van der Waals surface area contributed by atoms with Crippen LogP contribution < -0.4 is 0 Å². The summed E-state index contributed by atoms with van der Waals surface area (Å²) in [6, 6.07) is 71.2. The quantitative estimate of drug-likeness (QED) is 0.185. The van der Waals surface area contributed by atoms with Gasteiger partial charge in [-0.2, -0.15) is 0 Å². The largest absolute Gasteiger partial charge is 0.0713 e. The molecule has 8 aromatic carbocycles. The van der Waals surface area contributed by atoms with Crippen LogP contribution in [-0.4, -0.2) is 0 Å². The van der Waals surface area contributed by atoms with Gasteiger partial charge in [0.1, 0.15) is 0 Å². The molecule has 220 valence electrons. The van der Waals surface area contributed by atoms with Crippen molar-refractivity contribution in [2.75, 3.05) is 0 Å². The molecule has 47 heavy (non-hydrogen) atoms. The fourth-order valence-electron chi connectivity index (χ4n) is 7.85. The smallest absolute Gasteiger partial charge is 0.0622 e. The molecule has 0 bridgehead atoms. The third-order valence-electron chi connectivity index (χ3n) is 9.95. The Kier molecular flexibility index (Phi) is 6.47. The van der Waals surface area contributed by atoms with Gasteiger partial charge in [0.25, 0.3) is 0 Å². The van der Waals surface area contributed by atoms with E-state index >= 15 is 0 Å². The molecule has 0 radical (unpaired) electrons. The van der Waals surface area contributed by atoms with E-state index in [0.29, 0.717) is 0 Å². The average molecular weight is 597 g/mol. The maximum atomic E-state index is 2.45. The predicted molar refractivity (Wildman–Crippen MR) is 198 cm³/mol. The van der Waals surface area contributed by atoms with E-state index in [9.17, 15) is 0 Å². The molecule has 0 nitrogen and oxygen atoms in total. The zero-order valence-corrected chi connectivity index (χ0v) is 26.0. The Morgan fingerprint density at radius 1 is 0.277 bits per heavy atom. The lowest BCUT2D eigenvalue weighted by atomic mass is 9.67. The zero-order valence-electron chi connectivity index (χ0n) is 26.0. The molecule has 0 fully saturated rings. The number of hydrogen-bond donors (Lipinski definition) is 0. The molecular formula is C47H32. The van der Waals surface area contributed by atoms with Gasteiger partial charge in [0, 0.05) is 0 Å². The van der Waals surface area contributed by atoms with Gasteiger partial charge in [-0.15, -0.1) is 0 Å². The molecule has 0 heteroatoms. The van der Waals surface area contributed by atoms with E-state index < -0.39 is 5.41 Å². The maximum Gasteiger partial charge on any atom is 0.0713 e. The first-order chi connectivity index (χ1) is 23.3. The van der Waals surface area contributed by atoms with E-state index in [1.54, 1.807) is 0 Å². The molecule has 0 aromatic heterocycles. The molecule has 1 aliphatic rings. The minimum atomic E-state index is -0.408. The molecule has 9 rings (SSSR count). The molecule has 0 heterocycles. The van der Waals surface area contributed by atoms with Crippen LogP contribution in [0.5, 0.6) is 0 Å². The standard InChI is InChI=1S/C47H32/c1-3-20-39(21-4-1)47(40-22-5-2-6-23-40)45-27-10-9-25-43(45)44-29-28-37(32-46(44)47)35-17-11-16-34(30-35)36-18-12-19-38(31-36)42-26-13-15-33-14-7-8-24-41(33)42/h1-32H. The second kappa shape index (κ2) is 11.1. The van der Waals surface area contributed by atoms with E-state index in [1.807, 2.05) is 0 Å². The molecular weight excluding hydrogens is 565 g/mol. The van der Waals surface area contributed by atoms with E-state index in [-0.39, 0.29) is 0 Å². The molecule has 0 unspecified atom stereocenters. The lowest BCUT2D eigenvalue weighted by molar-refractivity contribution is 0.769. The third-order valence-corrected chi connectivity index (χ3v) is 9.95. The molecule has 0 N–H and O–H groups in total. The summed E-state index contributed by atoms with van der Waals surface area (Å²) in [4.78, 5) is 0. The van der Waals surface area contributed by atoms with Gasteiger partial charge in [-0.1, -0.05) is 176 Å². The van der Waals surface area contributed by atoms with E-state index in [0.717, 1.165) is 0 Å². The van der Waals surface area contributed by atoms with Gasteiger partial charge in [-0.3, -0.25) is 0 Å². The number of hydrogen-bond acceptors (Lipinski definition) is 0. The van der Waals surface area contributed by atoms with Crippen LogP contribution in [0.3, 0.4) is 0 Å². The molecule has 0 saturated carbocycles. The highest BCUT2D eigenvalue weighted by Crippen LogP contribution is 2.56. The van der Waals surface area contributed by atoms with Crippen LogP contribution in [0.15, 0.2) is 194 Å². The summed E-state index contributed by atoms with van der Waals surface area (Å²) in [5.41, 5.74) is 14.8. The summed E-state index contributed by atoms with van der Waals surface area (Å²) < 4.78 is 0. The zero-order chi connectivity index (χ0) is 31.2. The van der Waals surface area contributed by atoms with Crippen molar-refractivity contribution in [3.8, 4) is 44.5 Å². The van der Waals surface area contributed by atoms with Crippen molar-refractivity contribution in [1.29, 1.82) is 0 Å². The van der Waals surface area contributed by atoms with Gasteiger partial charge in [0.2, 0.25) is 0 Å². The Labute approximate surface area is 276 Å². The first-order valence-electron chi connectivity index (χ1n) is 16.4. The van der Waals surface area contributed by atoms with Crippen LogP contribution in [0.1, 0.15) is 22.3 Å². The van der Waals surface area contributed by atoms with Crippen LogP contribution in [0.25, 0.3) is 55.3 Å². The number of fused-ring (bicyclic) bond motifs is 4. The summed E-state index contributed by atoms with van der Waals surface area (Å²) in [6.07, 6.45) is 0. The fraction of sp³-hybridized carbons (Fsp3) is 0.0213. The van der Waals surface area contributed by atoms with Crippen molar-refractivity contribution in [2.45, 2.75) is 5.41 Å². The Balaban J connectivity index is 1.19. The monoisotopic (exact) mass is 596 g/mol. The Hall–Kier alpha value is -5.98. The van der Waals surface area contributed by atoms with Gasteiger partial charge >= 0.3 is 0 Å². The van der Waals surface area contributed by atoms with Crippen molar-refractivity contribution in [3.63, 3.8) is 0 Å². The molecule has 0 spiro atoms. The summed E-state index contributed by atoms with van der Waals surface area (Å²) in [7, 11) is 0. The highest BCUT2D eigenvalue weighted by atomic mass is 14.5. The second-order valence-electron chi connectivity index (χ2n) is 12.5. The summed E-state index contributed by atoms with van der Waals surface area (Å²) >= 11 is 0. The second-order valence-corrected chi connectivity index (χ2v) is 12.5. The molecule has 0 atom stereocenters. The van der Waals surface area contributed by atoms with E-state index in [4.69, 9.17) is 0 Å². The van der Waals surface area contributed by atoms with Crippen LogP contribution >= 0.6 is 0 Å². The van der Waals surface area contributed by atoms with Crippen molar-refractivity contribution in [3.05, 3.63) is 216 Å². The van der Waals surface area contributed by atoms with E-state index in [1.165, 1.54) is 77.5 Å². The molecule has 0 saturated heterocycles. The first kappa shape index (κ1) is 27.3. The number of benzene rings is 8. The SMILES string of the molecule is c1ccc(C2(c3ccccc3)c3ccccc3-c3ccc(-c4cccc(-c5cccc(-c6cccc7ccccc67)c5)c4)cc32)cc1. The summed E-state index contributed by atoms with van der Waals surface area (Å²) in [5, 5.41) is 2.54. The van der Waals surface area contributed by atoms with Crippen LogP contribution in [-0.2, 0) is 5.41 Å². The average Bonchev–Trinajstić information content (AvgIpc) is 3.46. The van der Waals surface area contributed by atoms with E-state index in [2.05, 4.69) is 194 Å². The predicted octanol–water partition coefficient (Wildman–Crippen LogP) is 12.2. The molecule has 0 amide bonds. The van der Waals surface area contributed by atoms with Crippen molar-refractivity contribution >= 4 is 10.8 Å². The topological polar surface area (TPSA) is 0 Å². The third kappa shape index (κ3) is 4.37. The summed E-state index contributed by atoms with van der Waals surface area (Å²) in [5.74, 6) is 0. The lowest BCUT2D eigenvalue weighted by Crippen LogP contribution is -2.28. The van der Waals surface area contributed by atoms with Crippen LogP contribution in [0.4, 0.5) is 0 Å².